The highest BCUT2D eigenvalue weighted by molar-refractivity contribution is 5.89. The topological polar surface area (TPSA) is 49.4 Å². The molecular weight excluding hydrogens is 420 g/mol. The van der Waals surface area contributed by atoms with Crippen molar-refractivity contribution >= 4 is 11.8 Å². The normalized spacial score (nSPS) is 11.6. The summed E-state index contributed by atoms with van der Waals surface area (Å²) in [7, 11) is 0. The molecule has 178 valence electrons. The van der Waals surface area contributed by atoms with Gasteiger partial charge in [0.1, 0.15) is 6.04 Å². The van der Waals surface area contributed by atoms with Gasteiger partial charge in [0.05, 0.1) is 6.42 Å². The maximum Gasteiger partial charge on any atom is 0.243 e. The molecule has 1 N–H and O–H groups in total. The van der Waals surface area contributed by atoms with E-state index < -0.39 is 6.04 Å². The van der Waals surface area contributed by atoms with E-state index in [1.54, 1.807) is 4.90 Å². The molecule has 2 amide bonds. The van der Waals surface area contributed by atoms with Crippen LogP contribution in [0.15, 0.2) is 78.9 Å². The van der Waals surface area contributed by atoms with Gasteiger partial charge in [-0.3, -0.25) is 9.59 Å². The van der Waals surface area contributed by atoms with E-state index in [2.05, 4.69) is 12.2 Å². The van der Waals surface area contributed by atoms with Gasteiger partial charge in [0.2, 0.25) is 11.8 Å². The second kappa shape index (κ2) is 12.7. The second-order valence-electron chi connectivity index (χ2n) is 8.90. The number of benzene rings is 3. The third-order valence-corrected chi connectivity index (χ3v) is 6.31. The molecule has 0 fully saturated rings. The molecule has 4 heteroatoms. The molecule has 34 heavy (non-hydrogen) atoms. The third kappa shape index (κ3) is 7.05. The Labute approximate surface area is 204 Å². The minimum absolute atomic E-state index is 0.0378. The molecule has 0 spiro atoms. The predicted molar refractivity (Wildman–Crippen MR) is 138 cm³/mol. The van der Waals surface area contributed by atoms with Crippen LogP contribution in [0.5, 0.6) is 0 Å². The molecule has 0 aliphatic rings. The van der Waals surface area contributed by atoms with Crippen LogP contribution in [0.4, 0.5) is 0 Å². The summed E-state index contributed by atoms with van der Waals surface area (Å²) in [5.74, 6) is -0.131. The lowest BCUT2D eigenvalue weighted by molar-refractivity contribution is -0.140. The van der Waals surface area contributed by atoms with Crippen molar-refractivity contribution in [1.29, 1.82) is 0 Å². The first-order chi connectivity index (χ1) is 16.5. The summed E-state index contributed by atoms with van der Waals surface area (Å²) in [6.07, 6.45) is 2.66. The van der Waals surface area contributed by atoms with Gasteiger partial charge in [-0.05, 0) is 48.1 Å². The highest BCUT2D eigenvalue weighted by Gasteiger charge is 2.30. The van der Waals surface area contributed by atoms with Crippen LogP contribution in [-0.4, -0.2) is 29.3 Å². The average molecular weight is 457 g/mol. The Hall–Kier alpha value is -3.40. The van der Waals surface area contributed by atoms with Gasteiger partial charge in [-0.25, -0.2) is 0 Å². The van der Waals surface area contributed by atoms with Gasteiger partial charge in [0.15, 0.2) is 0 Å². The van der Waals surface area contributed by atoms with Gasteiger partial charge >= 0.3 is 0 Å². The van der Waals surface area contributed by atoms with Crippen LogP contribution in [0.2, 0.25) is 0 Å². The first-order valence-corrected chi connectivity index (χ1v) is 12.2. The van der Waals surface area contributed by atoms with Crippen LogP contribution in [0.1, 0.15) is 47.6 Å². The van der Waals surface area contributed by atoms with Crippen LogP contribution in [0.25, 0.3) is 0 Å². The van der Waals surface area contributed by atoms with E-state index in [9.17, 15) is 9.59 Å². The fourth-order valence-corrected chi connectivity index (χ4v) is 4.10. The Kier molecular flexibility index (Phi) is 9.45. The number of amides is 2. The highest BCUT2D eigenvalue weighted by atomic mass is 16.2. The molecule has 0 bridgehead atoms. The fraction of sp³-hybridized carbons (Fsp3) is 0.333. The minimum Gasteiger partial charge on any atom is -0.354 e. The standard InChI is InChI=1S/C30H36N2O2/c1-4-5-19-31-30(34)28(20-25-15-7-6-8-16-25)32(22-27-18-12-10-14-24(27)3)29(33)21-26-17-11-9-13-23(26)2/h6-18,28H,4-5,19-22H2,1-3H3,(H,31,34)/t28-/m0/s1. The molecule has 0 aliphatic carbocycles. The van der Waals surface area contributed by atoms with E-state index in [1.165, 1.54) is 0 Å². The highest BCUT2D eigenvalue weighted by Crippen LogP contribution is 2.19. The van der Waals surface area contributed by atoms with Gasteiger partial charge in [0, 0.05) is 19.5 Å². The van der Waals surface area contributed by atoms with Crippen molar-refractivity contribution in [1.82, 2.24) is 10.2 Å². The molecule has 0 aromatic heterocycles. The molecule has 0 saturated carbocycles. The lowest BCUT2D eigenvalue weighted by Gasteiger charge is -2.32. The summed E-state index contributed by atoms with van der Waals surface area (Å²) < 4.78 is 0. The Morgan fingerprint density at radius 1 is 0.824 bits per heavy atom. The Balaban J connectivity index is 1.96. The van der Waals surface area contributed by atoms with Crippen LogP contribution in [-0.2, 0) is 29.0 Å². The number of carbonyl (C=O) groups is 2. The van der Waals surface area contributed by atoms with Crippen molar-refractivity contribution in [2.75, 3.05) is 6.54 Å². The Bertz CT molecular complexity index is 1080. The van der Waals surface area contributed by atoms with E-state index in [0.29, 0.717) is 19.5 Å². The molecule has 4 nitrogen and oxygen atoms in total. The maximum atomic E-state index is 13.8. The van der Waals surface area contributed by atoms with E-state index in [0.717, 1.165) is 40.7 Å². The number of aryl methyl sites for hydroxylation is 2. The summed E-state index contributed by atoms with van der Waals surface area (Å²) in [5.41, 5.74) is 5.28. The van der Waals surface area contributed by atoms with Gasteiger partial charge in [-0.1, -0.05) is 92.2 Å². The summed E-state index contributed by atoms with van der Waals surface area (Å²) in [6, 6.07) is 25.4. The number of hydrogen-bond donors (Lipinski definition) is 1. The van der Waals surface area contributed by atoms with E-state index in [4.69, 9.17) is 0 Å². The SMILES string of the molecule is CCCCNC(=O)[C@H](Cc1ccccc1)N(Cc1ccccc1C)C(=O)Cc1ccccc1C. The van der Waals surface area contributed by atoms with Gasteiger partial charge < -0.3 is 10.2 Å². The number of nitrogens with zero attached hydrogens (tertiary/aromatic N) is 1. The van der Waals surface area contributed by atoms with Crippen molar-refractivity contribution in [2.24, 2.45) is 0 Å². The molecule has 0 heterocycles. The molecular formula is C30H36N2O2. The lowest BCUT2D eigenvalue weighted by Crippen LogP contribution is -2.51. The molecule has 0 saturated heterocycles. The molecule has 3 aromatic rings. The molecule has 0 aliphatic heterocycles. The van der Waals surface area contributed by atoms with Crippen LogP contribution in [0, 0.1) is 13.8 Å². The number of rotatable bonds is 11. The summed E-state index contributed by atoms with van der Waals surface area (Å²) in [4.78, 5) is 29.0. The van der Waals surface area contributed by atoms with Crippen molar-refractivity contribution in [3.63, 3.8) is 0 Å². The van der Waals surface area contributed by atoms with Crippen molar-refractivity contribution in [3.05, 3.63) is 107 Å². The molecule has 3 rings (SSSR count). The third-order valence-electron chi connectivity index (χ3n) is 6.31. The quantitative estimate of drug-likeness (QED) is 0.393. The number of nitrogens with one attached hydrogen (secondary N) is 1. The van der Waals surface area contributed by atoms with E-state index in [-0.39, 0.29) is 18.2 Å². The zero-order valence-corrected chi connectivity index (χ0v) is 20.6. The van der Waals surface area contributed by atoms with Crippen LogP contribution < -0.4 is 5.32 Å². The van der Waals surface area contributed by atoms with E-state index >= 15 is 0 Å². The largest absolute Gasteiger partial charge is 0.354 e. The Morgan fingerprint density at radius 2 is 1.41 bits per heavy atom. The van der Waals surface area contributed by atoms with Crippen molar-refractivity contribution in [2.45, 2.75) is 59.0 Å². The van der Waals surface area contributed by atoms with Crippen molar-refractivity contribution in [3.8, 4) is 0 Å². The smallest absolute Gasteiger partial charge is 0.243 e. The van der Waals surface area contributed by atoms with Crippen LogP contribution in [0.3, 0.4) is 0 Å². The minimum atomic E-state index is -0.588. The monoisotopic (exact) mass is 456 g/mol. The number of unbranched alkanes of at least 4 members (excludes halogenated alkanes) is 1. The second-order valence-corrected chi connectivity index (χ2v) is 8.90. The van der Waals surface area contributed by atoms with E-state index in [1.807, 2.05) is 92.7 Å². The van der Waals surface area contributed by atoms with Crippen molar-refractivity contribution < 1.29 is 9.59 Å². The molecule has 3 aromatic carbocycles. The first kappa shape index (κ1) is 25.2. The van der Waals surface area contributed by atoms with Crippen LogP contribution >= 0.6 is 0 Å². The summed E-state index contributed by atoms with van der Waals surface area (Å²) >= 11 is 0. The summed E-state index contributed by atoms with van der Waals surface area (Å²) in [5, 5.41) is 3.08. The number of carbonyl (C=O) groups excluding carboxylic acids is 2. The molecule has 0 unspecified atom stereocenters. The fourth-order valence-electron chi connectivity index (χ4n) is 4.10. The first-order valence-electron chi connectivity index (χ1n) is 12.2. The van der Waals surface area contributed by atoms with Gasteiger partial charge in [-0.2, -0.15) is 0 Å². The predicted octanol–water partition coefficient (Wildman–Crippen LogP) is 5.40. The number of hydrogen-bond acceptors (Lipinski definition) is 2. The molecule has 0 radical (unpaired) electrons. The van der Waals surface area contributed by atoms with Gasteiger partial charge in [-0.15, -0.1) is 0 Å². The maximum absolute atomic E-state index is 13.8. The van der Waals surface area contributed by atoms with Gasteiger partial charge in [0.25, 0.3) is 0 Å². The average Bonchev–Trinajstić information content (AvgIpc) is 2.84. The zero-order chi connectivity index (χ0) is 24.3. The Morgan fingerprint density at radius 3 is 2.03 bits per heavy atom. The molecule has 1 atom stereocenters. The zero-order valence-electron chi connectivity index (χ0n) is 20.6. The lowest BCUT2D eigenvalue weighted by atomic mass is 9.99. The summed E-state index contributed by atoms with van der Waals surface area (Å²) in [6.45, 7) is 7.19.